The Morgan fingerprint density at radius 2 is 2.21 bits per heavy atom. The Morgan fingerprint density at radius 1 is 1.42 bits per heavy atom. The average molecular weight is 323 g/mol. The summed E-state index contributed by atoms with van der Waals surface area (Å²) in [5.41, 5.74) is 8.42. The van der Waals surface area contributed by atoms with Crippen LogP contribution in [0.3, 0.4) is 0 Å². The number of fused-ring (bicyclic) bond motifs is 1. The van der Waals surface area contributed by atoms with Crippen LogP contribution in [0.25, 0.3) is 10.9 Å². The van der Waals surface area contributed by atoms with E-state index in [1.807, 2.05) is 11.7 Å². The van der Waals surface area contributed by atoms with Crippen LogP contribution in [0, 0.1) is 5.92 Å². The van der Waals surface area contributed by atoms with Crippen LogP contribution in [0.2, 0.25) is 0 Å². The lowest BCUT2D eigenvalue weighted by atomic mass is 9.98. The monoisotopic (exact) mass is 322 g/mol. The Bertz CT molecular complexity index is 607. The average Bonchev–Trinajstić information content (AvgIpc) is 2.91. The molecule has 0 aliphatic carbocycles. The quantitative estimate of drug-likeness (QED) is 0.922. The molecule has 4 nitrogen and oxygen atoms in total. The highest BCUT2D eigenvalue weighted by Crippen LogP contribution is 2.38. The maximum absolute atomic E-state index is 5.83. The van der Waals surface area contributed by atoms with Crippen LogP contribution in [0.5, 0.6) is 0 Å². The number of aryl methyl sites for hydroxylation is 1. The van der Waals surface area contributed by atoms with E-state index in [0.717, 1.165) is 24.1 Å². The fourth-order valence-electron chi connectivity index (χ4n) is 3.23. The molecule has 102 valence electrons. The molecule has 5 heteroatoms. The van der Waals surface area contributed by atoms with Crippen LogP contribution in [0.4, 0.5) is 0 Å². The lowest BCUT2D eigenvalue weighted by Crippen LogP contribution is -2.20. The van der Waals surface area contributed by atoms with Crippen LogP contribution < -0.4 is 5.73 Å². The molecule has 0 spiro atoms. The van der Waals surface area contributed by atoms with Crippen molar-refractivity contribution in [3.8, 4) is 0 Å². The number of nitrogens with zero attached hydrogens (tertiary/aromatic N) is 3. The molecule has 1 aromatic heterocycles. The van der Waals surface area contributed by atoms with Crippen molar-refractivity contribution in [3.05, 3.63) is 28.4 Å². The van der Waals surface area contributed by atoms with Gasteiger partial charge in [0, 0.05) is 25.0 Å². The van der Waals surface area contributed by atoms with Crippen molar-refractivity contribution >= 4 is 26.8 Å². The summed E-state index contributed by atoms with van der Waals surface area (Å²) in [6, 6.07) is 6.90. The fourth-order valence-corrected chi connectivity index (χ4v) is 3.79. The van der Waals surface area contributed by atoms with Crippen LogP contribution in [0.1, 0.15) is 18.0 Å². The molecule has 1 fully saturated rings. The molecule has 1 aliphatic heterocycles. The van der Waals surface area contributed by atoms with E-state index in [0.29, 0.717) is 12.0 Å². The third-order valence-electron chi connectivity index (χ3n) is 4.18. The van der Waals surface area contributed by atoms with Crippen molar-refractivity contribution in [2.45, 2.75) is 12.5 Å². The standard InChI is InChI=1S/C14H19BrN4/c1-18-8-9(7-16)6-12(18)10-4-3-5-11-13(10)19(2)17-14(11)15/h3-5,9,12H,6-8,16H2,1-2H3. The number of rotatable bonds is 2. The maximum Gasteiger partial charge on any atom is 0.135 e. The number of aromatic nitrogens is 2. The number of benzene rings is 1. The minimum atomic E-state index is 0.444. The Morgan fingerprint density at radius 3 is 2.89 bits per heavy atom. The first-order valence-electron chi connectivity index (χ1n) is 6.63. The largest absolute Gasteiger partial charge is 0.330 e. The van der Waals surface area contributed by atoms with Gasteiger partial charge < -0.3 is 5.73 Å². The highest BCUT2D eigenvalue weighted by molar-refractivity contribution is 9.10. The lowest BCUT2D eigenvalue weighted by Gasteiger charge is -2.20. The van der Waals surface area contributed by atoms with Crippen LogP contribution in [-0.2, 0) is 7.05 Å². The first-order chi connectivity index (χ1) is 9.11. The first kappa shape index (κ1) is 13.1. The predicted molar refractivity (Wildman–Crippen MR) is 80.9 cm³/mol. The molecule has 1 saturated heterocycles. The molecule has 2 aromatic rings. The van der Waals surface area contributed by atoms with Crippen LogP contribution in [-0.4, -0.2) is 34.8 Å². The van der Waals surface area contributed by atoms with E-state index >= 15 is 0 Å². The SMILES string of the molecule is CN1CC(CN)CC1c1cccc2c(Br)nn(C)c12. The van der Waals surface area contributed by atoms with Gasteiger partial charge in [0.1, 0.15) is 4.60 Å². The molecule has 1 aromatic carbocycles. The van der Waals surface area contributed by atoms with Gasteiger partial charge in [-0.2, -0.15) is 5.10 Å². The van der Waals surface area contributed by atoms with Crippen LogP contribution in [0.15, 0.2) is 22.8 Å². The van der Waals surface area contributed by atoms with Gasteiger partial charge in [0.15, 0.2) is 0 Å². The van der Waals surface area contributed by atoms with Gasteiger partial charge in [0.05, 0.1) is 5.52 Å². The molecule has 0 bridgehead atoms. The Labute approximate surface area is 121 Å². The number of nitrogens with two attached hydrogens (primary N) is 1. The van der Waals surface area contributed by atoms with Gasteiger partial charge in [-0.1, -0.05) is 18.2 Å². The zero-order valence-corrected chi connectivity index (χ0v) is 12.9. The third-order valence-corrected chi connectivity index (χ3v) is 4.76. The van der Waals surface area contributed by atoms with Gasteiger partial charge in [-0.15, -0.1) is 0 Å². The number of likely N-dealkylation sites (tertiary alicyclic amines) is 1. The van der Waals surface area contributed by atoms with Gasteiger partial charge in [-0.3, -0.25) is 9.58 Å². The molecule has 3 rings (SSSR count). The molecule has 0 amide bonds. The van der Waals surface area contributed by atoms with Crippen molar-refractivity contribution in [2.75, 3.05) is 20.1 Å². The summed E-state index contributed by atoms with van der Waals surface area (Å²) in [6.45, 7) is 1.85. The number of hydrogen-bond donors (Lipinski definition) is 1. The summed E-state index contributed by atoms with van der Waals surface area (Å²) in [5.74, 6) is 0.599. The predicted octanol–water partition coefficient (Wildman–Crippen LogP) is 2.29. The summed E-state index contributed by atoms with van der Waals surface area (Å²) < 4.78 is 2.89. The summed E-state index contributed by atoms with van der Waals surface area (Å²) in [7, 11) is 4.19. The number of para-hydroxylation sites is 1. The van der Waals surface area contributed by atoms with E-state index < -0.39 is 0 Å². The molecule has 0 saturated carbocycles. The van der Waals surface area contributed by atoms with Crippen molar-refractivity contribution in [2.24, 2.45) is 18.7 Å². The Hall–Kier alpha value is -0.910. The molecule has 2 atom stereocenters. The van der Waals surface area contributed by atoms with Gasteiger partial charge in [-0.25, -0.2) is 0 Å². The molecule has 2 unspecified atom stereocenters. The molecule has 19 heavy (non-hydrogen) atoms. The molecule has 2 N–H and O–H groups in total. The van der Waals surface area contributed by atoms with E-state index in [1.54, 1.807) is 0 Å². The Balaban J connectivity index is 2.10. The zero-order chi connectivity index (χ0) is 13.6. The number of hydrogen-bond acceptors (Lipinski definition) is 3. The molecule has 1 aliphatic rings. The van der Waals surface area contributed by atoms with E-state index in [-0.39, 0.29) is 0 Å². The van der Waals surface area contributed by atoms with Crippen LogP contribution >= 0.6 is 15.9 Å². The van der Waals surface area contributed by atoms with Crippen molar-refractivity contribution in [1.82, 2.24) is 14.7 Å². The lowest BCUT2D eigenvalue weighted by molar-refractivity contribution is 0.314. The minimum absolute atomic E-state index is 0.444. The topological polar surface area (TPSA) is 47.1 Å². The first-order valence-corrected chi connectivity index (χ1v) is 7.42. The summed E-state index contributed by atoms with van der Waals surface area (Å²) in [5, 5.41) is 5.66. The molecular formula is C14H19BrN4. The summed E-state index contributed by atoms with van der Waals surface area (Å²) >= 11 is 3.54. The van der Waals surface area contributed by atoms with Gasteiger partial charge in [0.2, 0.25) is 0 Å². The van der Waals surface area contributed by atoms with E-state index in [9.17, 15) is 0 Å². The smallest absolute Gasteiger partial charge is 0.135 e. The van der Waals surface area contributed by atoms with Gasteiger partial charge in [-0.05, 0) is 47.4 Å². The number of halogens is 1. The second-order valence-corrected chi connectivity index (χ2v) is 6.20. The van der Waals surface area contributed by atoms with E-state index in [1.165, 1.54) is 16.5 Å². The molecule has 2 heterocycles. The summed E-state index contributed by atoms with van der Waals surface area (Å²) in [6.07, 6.45) is 1.13. The normalized spacial score (nSPS) is 24.4. The highest BCUT2D eigenvalue weighted by atomic mass is 79.9. The maximum atomic E-state index is 5.83. The minimum Gasteiger partial charge on any atom is -0.330 e. The second-order valence-electron chi connectivity index (χ2n) is 5.45. The summed E-state index contributed by atoms with van der Waals surface area (Å²) in [4.78, 5) is 2.41. The highest BCUT2D eigenvalue weighted by Gasteiger charge is 2.31. The molecule has 0 radical (unpaired) electrons. The van der Waals surface area contributed by atoms with E-state index in [4.69, 9.17) is 5.73 Å². The van der Waals surface area contributed by atoms with Gasteiger partial charge in [0.25, 0.3) is 0 Å². The Kier molecular flexibility index (Phi) is 3.37. The fraction of sp³-hybridized carbons (Fsp3) is 0.500. The van der Waals surface area contributed by atoms with Crippen molar-refractivity contribution in [1.29, 1.82) is 0 Å². The van der Waals surface area contributed by atoms with E-state index in [2.05, 4.69) is 51.2 Å². The third kappa shape index (κ3) is 2.10. The van der Waals surface area contributed by atoms with Gasteiger partial charge >= 0.3 is 0 Å². The molecular weight excluding hydrogens is 304 g/mol. The van der Waals surface area contributed by atoms with Crippen molar-refractivity contribution < 1.29 is 0 Å². The second kappa shape index (κ2) is 4.89. The van der Waals surface area contributed by atoms with Crippen molar-refractivity contribution in [3.63, 3.8) is 0 Å². The zero-order valence-electron chi connectivity index (χ0n) is 11.3.